The van der Waals surface area contributed by atoms with E-state index in [2.05, 4.69) is 0 Å². The van der Waals surface area contributed by atoms with E-state index in [0.717, 1.165) is 5.75 Å². The first kappa shape index (κ1) is 11.1. The molecule has 1 saturated heterocycles. The van der Waals surface area contributed by atoms with Gasteiger partial charge in [-0.1, -0.05) is 0 Å². The van der Waals surface area contributed by atoms with Crippen molar-refractivity contribution in [2.75, 3.05) is 18.1 Å². The summed E-state index contributed by atoms with van der Waals surface area (Å²) in [6, 6.07) is 0. The first-order valence-electron chi connectivity index (χ1n) is 4.12. The Morgan fingerprint density at radius 2 is 2.46 bits per heavy atom. The summed E-state index contributed by atoms with van der Waals surface area (Å²) in [7, 11) is 0. The predicted molar refractivity (Wildman–Crippen MR) is 53.1 cm³/mol. The number of carbonyl (C=O) groups excluding carboxylic acids is 1. The zero-order chi connectivity index (χ0) is 9.90. The van der Waals surface area contributed by atoms with Crippen LogP contribution in [0.4, 0.5) is 0 Å². The third-order valence-electron chi connectivity index (χ3n) is 1.64. The Bertz CT molecular complexity index is 190. The molecule has 1 aliphatic rings. The molecule has 0 saturated carbocycles. The molecule has 1 aliphatic heterocycles. The van der Waals surface area contributed by atoms with Gasteiger partial charge in [0.15, 0.2) is 0 Å². The van der Waals surface area contributed by atoms with Crippen molar-refractivity contribution in [3.05, 3.63) is 0 Å². The summed E-state index contributed by atoms with van der Waals surface area (Å²) in [6.45, 7) is 3.96. The zero-order valence-corrected chi connectivity index (χ0v) is 9.28. The topological polar surface area (TPSA) is 35.5 Å². The number of alkyl halides is 1. The van der Waals surface area contributed by atoms with Crippen LogP contribution in [0, 0.1) is 0 Å². The SMILES string of the molecule is CC(Cl)C(=O)OC1(C)CSCCO1. The zero-order valence-electron chi connectivity index (χ0n) is 7.71. The van der Waals surface area contributed by atoms with Gasteiger partial charge in [-0.3, -0.25) is 4.79 Å². The van der Waals surface area contributed by atoms with Gasteiger partial charge < -0.3 is 9.47 Å². The Balaban J connectivity index is 2.45. The summed E-state index contributed by atoms with van der Waals surface area (Å²) in [5.74, 6) is 0.404. The van der Waals surface area contributed by atoms with Crippen LogP contribution in [-0.4, -0.2) is 35.2 Å². The molecule has 3 nitrogen and oxygen atoms in total. The number of rotatable bonds is 2. The lowest BCUT2D eigenvalue weighted by Crippen LogP contribution is -2.42. The third-order valence-corrected chi connectivity index (χ3v) is 3.00. The molecular formula is C8H13ClO3S. The van der Waals surface area contributed by atoms with Gasteiger partial charge in [-0.25, -0.2) is 0 Å². The van der Waals surface area contributed by atoms with E-state index in [4.69, 9.17) is 21.1 Å². The van der Waals surface area contributed by atoms with E-state index in [1.54, 1.807) is 25.6 Å². The van der Waals surface area contributed by atoms with Crippen molar-refractivity contribution in [2.45, 2.75) is 25.0 Å². The molecule has 2 atom stereocenters. The summed E-state index contributed by atoms with van der Waals surface area (Å²) < 4.78 is 10.5. The van der Waals surface area contributed by atoms with Crippen molar-refractivity contribution in [1.82, 2.24) is 0 Å². The summed E-state index contributed by atoms with van der Waals surface area (Å²) in [4.78, 5) is 11.2. The summed E-state index contributed by atoms with van der Waals surface area (Å²) in [5, 5.41) is -0.618. The Morgan fingerprint density at radius 3 is 2.92 bits per heavy atom. The molecule has 13 heavy (non-hydrogen) atoms. The maximum absolute atomic E-state index is 11.2. The van der Waals surface area contributed by atoms with Crippen LogP contribution in [0.3, 0.4) is 0 Å². The second kappa shape index (κ2) is 4.53. The van der Waals surface area contributed by atoms with Gasteiger partial charge in [0.05, 0.1) is 12.4 Å². The molecule has 0 N–H and O–H groups in total. The van der Waals surface area contributed by atoms with Gasteiger partial charge in [0.1, 0.15) is 5.38 Å². The fourth-order valence-corrected chi connectivity index (χ4v) is 1.87. The van der Waals surface area contributed by atoms with Gasteiger partial charge in [-0.15, -0.1) is 11.6 Å². The van der Waals surface area contributed by atoms with Crippen LogP contribution < -0.4 is 0 Å². The number of thioether (sulfide) groups is 1. The Hall–Kier alpha value is 0.0700. The molecule has 1 heterocycles. The average Bonchev–Trinajstić information content (AvgIpc) is 2.04. The molecule has 0 bridgehead atoms. The number of hydrogen-bond donors (Lipinski definition) is 0. The highest BCUT2D eigenvalue weighted by Crippen LogP contribution is 2.25. The smallest absolute Gasteiger partial charge is 0.326 e. The minimum Gasteiger partial charge on any atom is -0.431 e. The van der Waals surface area contributed by atoms with Crippen LogP contribution in [0.1, 0.15) is 13.8 Å². The quantitative estimate of drug-likeness (QED) is 0.528. The van der Waals surface area contributed by atoms with E-state index in [1.165, 1.54) is 0 Å². The van der Waals surface area contributed by atoms with E-state index < -0.39 is 17.1 Å². The minimum atomic E-state index is -0.789. The highest BCUT2D eigenvalue weighted by atomic mass is 35.5. The monoisotopic (exact) mass is 224 g/mol. The van der Waals surface area contributed by atoms with Gasteiger partial charge in [-0.2, -0.15) is 11.8 Å². The minimum absolute atomic E-state index is 0.424. The lowest BCUT2D eigenvalue weighted by atomic mass is 10.3. The largest absolute Gasteiger partial charge is 0.431 e. The second-order valence-electron chi connectivity index (χ2n) is 3.07. The van der Waals surface area contributed by atoms with E-state index >= 15 is 0 Å². The van der Waals surface area contributed by atoms with Crippen LogP contribution in [0.25, 0.3) is 0 Å². The lowest BCUT2D eigenvalue weighted by molar-refractivity contribution is -0.212. The molecule has 0 radical (unpaired) electrons. The molecule has 1 fully saturated rings. The molecule has 0 aromatic carbocycles. The number of hydrogen-bond acceptors (Lipinski definition) is 4. The second-order valence-corrected chi connectivity index (χ2v) is 4.83. The van der Waals surface area contributed by atoms with Crippen LogP contribution in [0.15, 0.2) is 0 Å². The van der Waals surface area contributed by atoms with E-state index in [9.17, 15) is 4.79 Å². The highest BCUT2D eigenvalue weighted by Gasteiger charge is 2.33. The van der Waals surface area contributed by atoms with E-state index in [0.29, 0.717) is 12.4 Å². The number of carbonyl (C=O) groups is 1. The number of ether oxygens (including phenoxy) is 2. The lowest BCUT2D eigenvalue weighted by Gasteiger charge is -2.32. The van der Waals surface area contributed by atoms with Crippen molar-refractivity contribution in [2.24, 2.45) is 0 Å². The maximum Gasteiger partial charge on any atom is 0.326 e. The van der Waals surface area contributed by atoms with Gasteiger partial charge in [0, 0.05) is 12.7 Å². The molecule has 76 valence electrons. The van der Waals surface area contributed by atoms with Crippen LogP contribution in [0.2, 0.25) is 0 Å². The van der Waals surface area contributed by atoms with Crippen molar-refractivity contribution in [1.29, 1.82) is 0 Å². The van der Waals surface area contributed by atoms with Crippen molar-refractivity contribution < 1.29 is 14.3 Å². The van der Waals surface area contributed by atoms with E-state index in [1.807, 2.05) is 0 Å². The summed E-state index contributed by atoms with van der Waals surface area (Å²) in [6.07, 6.45) is 0. The predicted octanol–water partition coefficient (Wildman–Crippen LogP) is 1.64. The molecule has 0 spiro atoms. The van der Waals surface area contributed by atoms with Crippen LogP contribution in [-0.2, 0) is 14.3 Å². The van der Waals surface area contributed by atoms with Crippen LogP contribution in [0.5, 0.6) is 0 Å². The Labute approximate surface area is 87.1 Å². The first-order valence-corrected chi connectivity index (χ1v) is 5.71. The van der Waals surface area contributed by atoms with E-state index in [-0.39, 0.29) is 0 Å². The molecule has 0 aromatic heterocycles. The van der Waals surface area contributed by atoms with Crippen molar-refractivity contribution in [3.63, 3.8) is 0 Å². The van der Waals surface area contributed by atoms with Crippen molar-refractivity contribution in [3.8, 4) is 0 Å². The van der Waals surface area contributed by atoms with Crippen molar-refractivity contribution >= 4 is 29.3 Å². The fraction of sp³-hybridized carbons (Fsp3) is 0.875. The maximum atomic E-state index is 11.2. The number of halogens is 1. The van der Waals surface area contributed by atoms with Gasteiger partial charge >= 0.3 is 5.97 Å². The normalized spacial score (nSPS) is 31.0. The average molecular weight is 225 g/mol. The first-order chi connectivity index (χ1) is 6.03. The Morgan fingerprint density at radius 1 is 1.77 bits per heavy atom. The molecule has 2 unspecified atom stereocenters. The van der Waals surface area contributed by atoms with Gasteiger partial charge in [0.2, 0.25) is 5.79 Å². The van der Waals surface area contributed by atoms with Gasteiger partial charge in [0.25, 0.3) is 0 Å². The molecule has 0 aliphatic carbocycles. The molecule has 0 aromatic rings. The Kier molecular flexibility index (Phi) is 3.88. The molecule has 0 amide bonds. The number of esters is 1. The standard InChI is InChI=1S/C8H13ClO3S/c1-6(9)7(10)12-8(2)5-13-4-3-11-8/h6H,3-5H2,1-2H3. The molecular weight excluding hydrogens is 212 g/mol. The molecule has 1 rings (SSSR count). The van der Waals surface area contributed by atoms with Crippen LogP contribution >= 0.6 is 23.4 Å². The fourth-order valence-electron chi connectivity index (χ4n) is 0.969. The summed E-state index contributed by atoms with van der Waals surface area (Å²) in [5.41, 5.74) is 0. The summed E-state index contributed by atoms with van der Waals surface area (Å²) >= 11 is 7.28. The molecule has 5 heteroatoms. The third kappa shape index (κ3) is 3.37. The van der Waals surface area contributed by atoms with Gasteiger partial charge in [-0.05, 0) is 6.92 Å². The highest BCUT2D eigenvalue weighted by molar-refractivity contribution is 7.99.